The number of hydrogen-bond acceptors (Lipinski definition) is 4. The third-order valence-corrected chi connectivity index (χ3v) is 8.31. The Hall–Kier alpha value is -0.0577. The molecule has 3 rings (SSSR count). The first kappa shape index (κ1) is 35.0. The van der Waals surface area contributed by atoms with Crippen molar-refractivity contribution in [2.24, 2.45) is 11.8 Å². The van der Waals surface area contributed by atoms with Crippen LogP contribution in [-0.2, 0) is 5.41 Å². The fourth-order valence-corrected chi connectivity index (χ4v) is 6.22. The van der Waals surface area contributed by atoms with E-state index in [0.29, 0.717) is 11.8 Å². The minimum atomic E-state index is -2.03. The number of unbranched alkanes of at least 4 members (excludes halogenated alkanes) is 2. The Kier molecular flexibility index (Phi) is 15.4. The van der Waals surface area contributed by atoms with Gasteiger partial charge in [0.15, 0.2) is 0 Å². The second-order valence-electron chi connectivity index (χ2n) is 10.6. The molecule has 2 aromatic rings. The first-order valence-electron chi connectivity index (χ1n) is 13.7. The van der Waals surface area contributed by atoms with Crippen LogP contribution >= 0.6 is 0 Å². The first-order valence-corrected chi connectivity index (χ1v) is 13.7. The number of hydrogen-bond donors (Lipinski definition) is 0. The summed E-state index contributed by atoms with van der Waals surface area (Å²) in [5, 5.41) is 47.8. The topological polar surface area (TPSA) is 92.2 Å². The maximum Gasteiger partial charge on any atom is 2.00 e. The summed E-state index contributed by atoms with van der Waals surface area (Å²) >= 11 is 0. The molecule has 0 aromatic heterocycles. The fraction of sp³-hybridized carbons (Fsp3) is 0.586. The zero-order valence-electron chi connectivity index (χ0n) is 23.4. The van der Waals surface area contributed by atoms with Crippen LogP contribution in [0.2, 0.25) is 0 Å². The average molecular weight is 523 g/mol. The van der Waals surface area contributed by atoms with Gasteiger partial charge in [0.1, 0.15) is 0 Å². The molecule has 0 aliphatic heterocycles. The molecular formula is C29H40B2Mg2O4. The molecule has 2 unspecified atom stereocenters. The van der Waals surface area contributed by atoms with Gasteiger partial charge in [0.25, 0.3) is 0 Å². The van der Waals surface area contributed by atoms with Crippen molar-refractivity contribution in [3.63, 3.8) is 0 Å². The molecule has 0 heterocycles. The summed E-state index contributed by atoms with van der Waals surface area (Å²) in [6, 6.07) is 10.8. The molecular weight excluding hydrogens is 483 g/mol. The van der Waals surface area contributed by atoms with E-state index in [4.69, 9.17) is 0 Å². The van der Waals surface area contributed by atoms with Crippen LogP contribution in [0.25, 0.3) is 11.1 Å². The van der Waals surface area contributed by atoms with Gasteiger partial charge in [0.2, 0.25) is 0 Å². The van der Waals surface area contributed by atoms with E-state index < -0.39 is 19.7 Å². The molecule has 0 fully saturated rings. The van der Waals surface area contributed by atoms with Gasteiger partial charge in [-0.3, -0.25) is 0 Å². The molecule has 37 heavy (non-hydrogen) atoms. The van der Waals surface area contributed by atoms with Gasteiger partial charge in [-0.25, -0.2) is 0 Å². The Morgan fingerprint density at radius 1 is 0.649 bits per heavy atom. The molecule has 0 bridgehead atoms. The summed E-state index contributed by atoms with van der Waals surface area (Å²) in [4.78, 5) is 0. The molecule has 0 spiro atoms. The first-order chi connectivity index (χ1) is 16.8. The van der Waals surface area contributed by atoms with Gasteiger partial charge in [0, 0.05) is 5.41 Å². The van der Waals surface area contributed by atoms with Gasteiger partial charge in [-0.05, 0) is 46.9 Å². The Morgan fingerprint density at radius 3 is 1.32 bits per heavy atom. The van der Waals surface area contributed by atoms with E-state index in [1.54, 1.807) is 12.1 Å². The normalized spacial score (nSPS) is 14.6. The van der Waals surface area contributed by atoms with Crippen LogP contribution in [0.3, 0.4) is 0 Å². The van der Waals surface area contributed by atoms with Crippen LogP contribution in [-0.4, -0.2) is 60.3 Å². The summed E-state index contributed by atoms with van der Waals surface area (Å²) < 4.78 is 0. The van der Waals surface area contributed by atoms with Gasteiger partial charge in [-0.1, -0.05) is 130 Å². The van der Waals surface area contributed by atoms with E-state index in [9.17, 15) is 20.1 Å². The van der Waals surface area contributed by atoms with Crippen molar-refractivity contribution in [1.82, 2.24) is 0 Å². The van der Waals surface area contributed by atoms with E-state index in [-0.39, 0.29) is 57.0 Å². The van der Waals surface area contributed by atoms with E-state index in [0.717, 1.165) is 86.5 Å². The van der Waals surface area contributed by atoms with Crippen LogP contribution in [0.5, 0.6) is 0 Å². The predicted octanol–water partition coefficient (Wildman–Crippen LogP) is 1.24. The third kappa shape index (κ3) is 8.00. The van der Waals surface area contributed by atoms with Gasteiger partial charge in [0.05, 0.1) is 0 Å². The minimum absolute atomic E-state index is 0. The Morgan fingerprint density at radius 2 is 1.03 bits per heavy atom. The largest absolute Gasteiger partial charge is 2.00 e. The second-order valence-corrected chi connectivity index (χ2v) is 10.6. The molecule has 1 aliphatic rings. The van der Waals surface area contributed by atoms with Crippen LogP contribution in [0.15, 0.2) is 36.4 Å². The van der Waals surface area contributed by atoms with Gasteiger partial charge in [-0.2, -0.15) is 0 Å². The summed E-state index contributed by atoms with van der Waals surface area (Å²) in [5.41, 5.74) is 4.34. The Labute approximate surface area is 257 Å². The number of benzene rings is 2. The van der Waals surface area contributed by atoms with Crippen molar-refractivity contribution < 1.29 is 20.1 Å². The molecule has 1 aliphatic carbocycles. The molecule has 8 heteroatoms. The van der Waals surface area contributed by atoms with Crippen LogP contribution in [0, 0.1) is 11.8 Å². The van der Waals surface area contributed by atoms with Gasteiger partial charge >= 0.3 is 46.1 Å². The molecule has 0 amide bonds. The van der Waals surface area contributed by atoms with Crippen LogP contribution < -0.4 is 31.0 Å². The smallest absolute Gasteiger partial charge is 0.889 e. The van der Waals surface area contributed by atoms with Gasteiger partial charge < -0.3 is 20.1 Å². The van der Waals surface area contributed by atoms with Crippen LogP contribution in [0.4, 0.5) is 0 Å². The van der Waals surface area contributed by atoms with Crippen molar-refractivity contribution >= 4 is 71.3 Å². The summed E-state index contributed by atoms with van der Waals surface area (Å²) in [5.74, 6) is 0.964. The summed E-state index contributed by atoms with van der Waals surface area (Å²) in [6.45, 7) is 8.90. The van der Waals surface area contributed by atoms with E-state index in [1.807, 2.05) is 24.3 Å². The molecule has 2 aromatic carbocycles. The molecule has 0 radical (unpaired) electrons. The maximum atomic E-state index is 12.0. The molecule has 4 nitrogen and oxygen atoms in total. The van der Waals surface area contributed by atoms with E-state index in [2.05, 4.69) is 27.7 Å². The minimum Gasteiger partial charge on any atom is -0.889 e. The standard InChI is InChI=1S/C29H40B2O4.2Mg/c1-5-9-11-21(7-3)19-29(20-22(8-4)12-10-6-2)27-17-23(30(32)33)13-15-25(27)26-16-14-24(31(34)35)18-28(26)29;;/h13-18,21-22H,5-12,19-20H2,1-4H3;;/q-4;2*+2. The van der Waals surface area contributed by atoms with Gasteiger partial charge in [-0.15, -0.1) is 10.9 Å². The molecule has 0 saturated carbocycles. The molecule has 0 N–H and O–H groups in total. The maximum absolute atomic E-state index is 12.0. The average Bonchev–Trinajstić information content (AvgIpc) is 3.12. The van der Waals surface area contributed by atoms with Crippen molar-refractivity contribution in [3.05, 3.63) is 47.5 Å². The van der Waals surface area contributed by atoms with E-state index >= 15 is 0 Å². The zero-order chi connectivity index (χ0) is 25.6. The monoisotopic (exact) mass is 522 g/mol. The van der Waals surface area contributed by atoms with Crippen LogP contribution in [0.1, 0.15) is 103 Å². The Balaban J connectivity index is 0.00000342. The summed E-state index contributed by atoms with van der Waals surface area (Å²) in [7, 11) is -4.07. The molecule has 190 valence electrons. The fourth-order valence-electron chi connectivity index (χ4n) is 6.22. The Bertz CT molecular complexity index is 893. The third-order valence-electron chi connectivity index (χ3n) is 8.31. The van der Waals surface area contributed by atoms with E-state index in [1.165, 1.54) is 0 Å². The number of fused-ring (bicyclic) bond motifs is 3. The second kappa shape index (κ2) is 16.3. The quantitative estimate of drug-likeness (QED) is 0.349. The SMILES string of the molecule is CCCCC(CC)CC1(CC(CC)CCCC)c2cc(B([O-])[O-])ccc2-c2ccc(B([O-])[O-])cc21.[Mg+2].[Mg+2]. The van der Waals surface area contributed by atoms with Crippen molar-refractivity contribution in [3.8, 4) is 11.1 Å². The zero-order valence-corrected chi connectivity index (χ0v) is 26.2. The summed E-state index contributed by atoms with van der Waals surface area (Å²) in [6.07, 6.45) is 10.8. The molecule has 2 atom stereocenters. The van der Waals surface area contributed by atoms with Crippen molar-refractivity contribution in [2.75, 3.05) is 0 Å². The van der Waals surface area contributed by atoms with Crippen molar-refractivity contribution in [1.29, 1.82) is 0 Å². The predicted molar refractivity (Wildman–Crippen MR) is 151 cm³/mol. The van der Waals surface area contributed by atoms with Crippen molar-refractivity contribution in [2.45, 2.75) is 97.3 Å². The number of rotatable bonds is 14. The molecule has 0 saturated heterocycles.